The number of esters is 1. The smallest absolute Gasteiger partial charge is 0.338 e. The number of benzene rings is 10. The Morgan fingerprint density at radius 1 is 0.329 bits per heavy atom. The second-order valence-corrected chi connectivity index (χ2v) is 50.1. The van der Waals surface area contributed by atoms with Crippen molar-refractivity contribution in [2.45, 2.75) is 294 Å². The van der Waals surface area contributed by atoms with Crippen LogP contribution in [0, 0.1) is 48.5 Å². The number of carbonyl (C=O) groups excluding carboxylic acids is 1. The van der Waals surface area contributed by atoms with Crippen LogP contribution in [0.3, 0.4) is 0 Å². The number of nitrogens with two attached hydrogens (primary N) is 1. The fourth-order valence-corrected chi connectivity index (χ4v) is 25.2. The summed E-state index contributed by atoms with van der Waals surface area (Å²) in [5.41, 5.74) is 7.16. The van der Waals surface area contributed by atoms with Gasteiger partial charge in [0.25, 0.3) is 10.0 Å². The molecule has 10 aromatic rings. The zero-order valence-corrected chi connectivity index (χ0v) is 92.6. The van der Waals surface area contributed by atoms with Gasteiger partial charge in [0.05, 0.1) is 56.2 Å². The van der Waals surface area contributed by atoms with E-state index in [9.17, 15) is 80.6 Å². The maximum Gasteiger partial charge on any atom is 0.338 e. The van der Waals surface area contributed by atoms with Crippen molar-refractivity contribution in [1.82, 2.24) is 32.6 Å². The maximum absolute atomic E-state index is 12.2. The van der Waals surface area contributed by atoms with Crippen molar-refractivity contribution in [3.63, 3.8) is 0 Å². The number of aryl methyl sites for hydroxylation is 7. The highest BCUT2D eigenvalue weighted by Gasteiger charge is 2.27. The van der Waals surface area contributed by atoms with Gasteiger partial charge in [0.15, 0.2) is 0 Å². The van der Waals surface area contributed by atoms with E-state index < -0.39 is 96.2 Å². The molecule has 0 radical (unpaired) electrons. The average Bonchev–Trinajstić information content (AvgIpc) is 0.820. The summed E-state index contributed by atoms with van der Waals surface area (Å²) in [6, 6.07) is 71.5. The molecule has 143 heavy (non-hydrogen) atoms. The monoisotopic (exact) mass is 2150 g/mol. The first kappa shape index (κ1) is 126. The highest BCUT2D eigenvalue weighted by molar-refractivity contribution is 7.93. The molecule has 2 aliphatic rings. The molecule has 0 spiro atoms. The molecule has 0 heterocycles. The molecule has 790 valence electrons. The van der Waals surface area contributed by atoms with Crippen LogP contribution in [0.2, 0.25) is 0 Å². The lowest BCUT2D eigenvalue weighted by Gasteiger charge is -2.23. The van der Waals surface area contributed by atoms with Crippen LogP contribution >= 0.6 is 0 Å². The number of unbranched alkanes of at least 4 members (excludes halogenated alkanes) is 6. The number of para-hydroxylation sites is 1. The summed E-state index contributed by atoms with van der Waals surface area (Å²) in [5, 5.41) is 4.98. The second-order valence-electron chi connectivity index (χ2n) is 34.6. The third-order valence-electron chi connectivity index (χ3n) is 22.0. The third-order valence-corrected chi connectivity index (χ3v) is 36.1. The van der Waals surface area contributed by atoms with Crippen molar-refractivity contribution in [2.75, 3.05) is 44.1 Å². The van der Waals surface area contributed by atoms with Gasteiger partial charge in [-0.25, -0.2) is 114 Å². The number of anilines is 1. The lowest BCUT2D eigenvalue weighted by atomic mass is 9.96. The van der Waals surface area contributed by atoms with Gasteiger partial charge in [-0.3, -0.25) is 4.72 Å². The Hall–Kier alpha value is -9.30. The number of nitrogens with zero attached hydrogens (tertiary/aromatic N) is 1. The molecule has 0 bridgehead atoms. The van der Waals surface area contributed by atoms with E-state index in [1.807, 2.05) is 123 Å². The molecule has 9 N–H and O–H groups in total. The zero-order chi connectivity index (χ0) is 107. The van der Waals surface area contributed by atoms with Crippen LogP contribution in [0.15, 0.2) is 299 Å². The first-order chi connectivity index (χ1) is 67.5. The van der Waals surface area contributed by atoms with Crippen LogP contribution in [-0.2, 0) is 94.9 Å². The van der Waals surface area contributed by atoms with Crippen molar-refractivity contribution in [2.24, 2.45) is 5.14 Å². The largest absolute Gasteiger partial charge is 0.462 e. The molecule has 29 nitrogen and oxygen atoms in total. The van der Waals surface area contributed by atoms with Gasteiger partial charge in [0, 0.05) is 56.5 Å². The molecular weight excluding hydrogens is 2000 g/mol. The van der Waals surface area contributed by atoms with Crippen molar-refractivity contribution >= 4 is 102 Å². The summed E-state index contributed by atoms with van der Waals surface area (Å²) < 4.78 is 238. The third kappa shape index (κ3) is 47.0. The Balaban J connectivity index is 0.000000336. The van der Waals surface area contributed by atoms with E-state index in [0.717, 1.165) is 142 Å². The molecular formula is C105H151N9O20S9. The quantitative estimate of drug-likeness (QED) is 0.0132. The predicted molar refractivity (Wildman–Crippen MR) is 574 cm³/mol. The van der Waals surface area contributed by atoms with E-state index >= 15 is 0 Å². The number of hydrogen-bond acceptors (Lipinski definition) is 20. The standard InChI is InChI=1S/C14H21NO4S.C13H19NO2S.C13H13NO2S.C13H19NO2S.2C11H17NO2S.3C10H15NO2S/c1-2-3-4-5-6-11-19-14(16)12-7-9-13(10-8-12)20(15,17)18;2*1-11-7-5-6-10-13(11)17(15,16)14-12-8-3-2-4-9-12;1-11-7-9-13(10-8-11)17(15,16)14-12-5-3-2-4-6-12;1-4-12(5-2)15(13,14)11-8-6-10(3)7-9-11;1-3-4-9-12-15(13,14)11-7-5-10(2)6-8-11;1-8(2)11-14(12,13)10-7-5-4-6-9(10)3;1-3-8-11-14(12,13)10-7-5-4-6-9(10)2;1-2-3-9-11-14(12,13)10-7-5-4-6-8-10/h7-10H,2-6,11H2,1H3,(H2,15,17,18);5-7,10,12,14H,2-4,8-9H2,1H3;2-10,14H,1H3;7-10,12,14H,2-6H2,1H3;6-9H,4-5H2,1-3H3;5-8,12H,3-4,9H2,1-2H3;4-8,11H,1-3H3;4-7,11H,3,8H2,1-2H3;4-8,11H,2-3,9H2,1H3. The molecule has 2 saturated carbocycles. The molecule has 10 aromatic carbocycles. The number of sulfonamides is 9. The Labute approximate surface area is 855 Å². The van der Waals surface area contributed by atoms with Gasteiger partial charge >= 0.3 is 5.97 Å². The lowest BCUT2D eigenvalue weighted by molar-refractivity contribution is 0.0497. The topological polar surface area (TPSA) is 447 Å². The van der Waals surface area contributed by atoms with Crippen molar-refractivity contribution in [3.8, 4) is 0 Å². The first-order valence-electron chi connectivity index (χ1n) is 48.4. The lowest BCUT2D eigenvalue weighted by Crippen LogP contribution is -2.36. The van der Waals surface area contributed by atoms with E-state index in [1.54, 1.807) is 204 Å². The van der Waals surface area contributed by atoms with Crippen molar-refractivity contribution in [1.29, 1.82) is 0 Å². The average molecular weight is 2150 g/mol. The number of nitrogens with one attached hydrogen (secondary N) is 7. The van der Waals surface area contributed by atoms with E-state index in [-0.39, 0.29) is 23.0 Å². The molecule has 0 atom stereocenters. The molecule has 2 fully saturated rings. The Morgan fingerprint density at radius 3 is 1.03 bits per heavy atom. The molecule has 2 aliphatic carbocycles. The van der Waals surface area contributed by atoms with Crippen LogP contribution in [0.5, 0.6) is 0 Å². The van der Waals surface area contributed by atoms with Crippen LogP contribution in [0.1, 0.15) is 233 Å². The highest BCUT2D eigenvalue weighted by Crippen LogP contribution is 2.26. The maximum atomic E-state index is 12.2. The normalized spacial score (nSPS) is 13.1. The van der Waals surface area contributed by atoms with Gasteiger partial charge < -0.3 is 4.74 Å². The summed E-state index contributed by atoms with van der Waals surface area (Å²) in [4.78, 5) is 14.5. The second kappa shape index (κ2) is 64.0. The number of primary sulfonamides is 1. The van der Waals surface area contributed by atoms with Crippen molar-refractivity contribution in [3.05, 3.63) is 299 Å². The number of hydrogen-bond donors (Lipinski definition) is 8. The SMILES string of the molecule is CCCCCCCOC(=O)c1ccc(S(N)(=O)=O)cc1.CCCCNS(=O)(=O)c1ccc(C)cc1.CCCCNS(=O)(=O)c1ccccc1.CCCNS(=O)(=O)c1ccccc1C.CCN(CC)S(=O)(=O)c1ccc(C)cc1.Cc1ccc(S(=O)(=O)NC2CCCCC2)cc1.Cc1ccccc1S(=O)(=O)NC(C)C.Cc1ccccc1S(=O)(=O)NC1CCCCC1.Cc1ccccc1S(=O)(=O)Nc1ccccc1. The van der Waals surface area contributed by atoms with E-state index in [2.05, 4.69) is 40.0 Å². The Kier molecular flexibility index (Phi) is 56.4. The highest BCUT2D eigenvalue weighted by atomic mass is 32.2. The Bertz CT molecular complexity index is 6550. The minimum absolute atomic E-state index is 0.0198. The summed E-state index contributed by atoms with van der Waals surface area (Å²) in [6.45, 7) is 31.3. The van der Waals surface area contributed by atoms with Gasteiger partial charge in [0.1, 0.15) is 0 Å². The molecule has 12 rings (SSSR count). The van der Waals surface area contributed by atoms with Gasteiger partial charge in [-0.05, 0) is 245 Å². The molecule has 0 aromatic heterocycles. The Morgan fingerprint density at radius 2 is 0.657 bits per heavy atom. The van der Waals surface area contributed by atoms with Gasteiger partial charge in [-0.15, -0.1) is 0 Å². The molecule has 0 aliphatic heterocycles. The summed E-state index contributed by atoms with van der Waals surface area (Å²) in [5.74, 6) is -0.443. The van der Waals surface area contributed by atoms with Gasteiger partial charge in [-0.1, -0.05) is 281 Å². The zero-order valence-electron chi connectivity index (χ0n) is 85.2. The summed E-state index contributed by atoms with van der Waals surface area (Å²) >= 11 is 0. The van der Waals surface area contributed by atoms with E-state index in [4.69, 9.17) is 9.88 Å². The molecule has 0 amide bonds. The number of ether oxygens (including phenoxy) is 1. The molecule has 0 saturated heterocycles. The summed E-state index contributed by atoms with van der Waals surface area (Å²) in [7, 11) is -30.4. The van der Waals surface area contributed by atoms with E-state index in [0.29, 0.717) is 89.7 Å². The van der Waals surface area contributed by atoms with Crippen LogP contribution in [0.25, 0.3) is 0 Å². The van der Waals surface area contributed by atoms with Crippen LogP contribution < -0.4 is 38.2 Å². The fraction of sp³-hybridized carbons (Fsp3) is 0.419. The number of carbonyl (C=O) groups is 1. The van der Waals surface area contributed by atoms with Gasteiger partial charge in [0.2, 0.25) is 80.2 Å². The molecule has 0 unspecified atom stereocenters. The minimum Gasteiger partial charge on any atom is -0.462 e. The predicted octanol–water partition coefficient (Wildman–Crippen LogP) is 19.7. The van der Waals surface area contributed by atoms with E-state index in [1.165, 1.54) is 54.3 Å². The summed E-state index contributed by atoms with van der Waals surface area (Å²) in [6.07, 6.45) is 20.7. The van der Waals surface area contributed by atoms with Crippen LogP contribution in [-0.4, -0.2) is 143 Å². The minimum atomic E-state index is -3.73. The fourth-order valence-electron chi connectivity index (χ4n) is 14.0. The number of rotatable bonds is 38. The first-order valence-corrected chi connectivity index (χ1v) is 61.8. The van der Waals surface area contributed by atoms with Crippen molar-refractivity contribution < 1.29 is 85.3 Å². The molecule has 38 heteroatoms. The van der Waals surface area contributed by atoms with Crippen LogP contribution in [0.4, 0.5) is 5.69 Å². The van der Waals surface area contributed by atoms with Gasteiger partial charge in [-0.2, -0.15) is 4.31 Å².